The van der Waals surface area contributed by atoms with E-state index in [1.165, 1.54) is 0 Å². The highest BCUT2D eigenvalue weighted by Gasteiger charge is 2.20. The van der Waals surface area contributed by atoms with Crippen molar-refractivity contribution in [3.8, 4) is 5.75 Å². The van der Waals surface area contributed by atoms with E-state index in [-0.39, 0.29) is 18.5 Å². The molecule has 0 saturated carbocycles. The van der Waals surface area contributed by atoms with Crippen LogP contribution in [0, 0.1) is 0 Å². The van der Waals surface area contributed by atoms with Crippen LogP contribution in [0.1, 0.15) is 32.4 Å². The Morgan fingerprint density at radius 3 is 2.97 bits per heavy atom. The number of nitrogens with two attached hydrogens (primary N) is 1. The number of aromatic amines is 1. The van der Waals surface area contributed by atoms with Gasteiger partial charge < -0.3 is 20.8 Å². The highest BCUT2D eigenvalue weighted by molar-refractivity contribution is 7.10. The van der Waals surface area contributed by atoms with Gasteiger partial charge in [0.05, 0.1) is 18.7 Å². The zero-order valence-corrected chi connectivity index (χ0v) is 16.8. The van der Waals surface area contributed by atoms with E-state index in [1.54, 1.807) is 24.6 Å². The third-order valence-electron chi connectivity index (χ3n) is 4.95. The fraction of sp³-hybridized carbons (Fsp3) is 0.182. The van der Waals surface area contributed by atoms with Crippen LogP contribution in [0.4, 0.5) is 0 Å². The van der Waals surface area contributed by atoms with E-state index in [0.29, 0.717) is 17.7 Å². The number of benzene rings is 1. The molecule has 1 atom stereocenters. The molecule has 3 aromatic heterocycles. The van der Waals surface area contributed by atoms with Crippen LogP contribution >= 0.6 is 11.3 Å². The standard InChI is InChI=1S/C22H22N4O2S/c1-28-19-5-3-2-4-16(19)18(13-23)26-22(27)17-8-11-29-20(17)12-14-6-9-24-21-15(14)7-10-25-21/h2-11,18H,12-13,23H2,1H3,(H,24,25)(H,26,27). The summed E-state index contributed by atoms with van der Waals surface area (Å²) in [6, 6.07) is 13.1. The lowest BCUT2D eigenvalue weighted by atomic mass is 10.0. The van der Waals surface area contributed by atoms with Crippen LogP contribution in [0.25, 0.3) is 11.0 Å². The smallest absolute Gasteiger partial charge is 0.252 e. The molecule has 0 spiro atoms. The number of pyridine rings is 1. The summed E-state index contributed by atoms with van der Waals surface area (Å²) in [5.41, 5.74) is 9.48. The normalized spacial score (nSPS) is 12.1. The minimum absolute atomic E-state index is 0.137. The number of ether oxygens (including phenoxy) is 1. The summed E-state index contributed by atoms with van der Waals surface area (Å²) in [7, 11) is 1.61. The molecular formula is C22H22N4O2S. The van der Waals surface area contributed by atoms with Crippen molar-refractivity contribution < 1.29 is 9.53 Å². The molecule has 0 saturated heterocycles. The largest absolute Gasteiger partial charge is 0.496 e. The van der Waals surface area contributed by atoms with Gasteiger partial charge >= 0.3 is 0 Å². The Morgan fingerprint density at radius 2 is 2.14 bits per heavy atom. The summed E-state index contributed by atoms with van der Waals surface area (Å²) in [6.45, 7) is 0.278. The Bertz CT molecular complexity index is 1130. The summed E-state index contributed by atoms with van der Waals surface area (Å²) >= 11 is 1.57. The van der Waals surface area contributed by atoms with E-state index in [4.69, 9.17) is 10.5 Å². The van der Waals surface area contributed by atoms with E-state index in [9.17, 15) is 4.79 Å². The summed E-state index contributed by atoms with van der Waals surface area (Å²) in [6.07, 6.45) is 4.33. The number of nitrogens with one attached hydrogen (secondary N) is 2. The van der Waals surface area contributed by atoms with Gasteiger partial charge in [0.1, 0.15) is 11.4 Å². The second-order valence-electron chi connectivity index (χ2n) is 6.65. The van der Waals surface area contributed by atoms with Crippen molar-refractivity contribution >= 4 is 28.3 Å². The van der Waals surface area contributed by atoms with Crippen molar-refractivity contribution in [2.75, 3.05) is 13.7 Å². The molecule has 4 rings (SSSR count). The lowest BCUT2D eigenvalue weighted by Gasteiger charge is -2.20. The Morgan fingerprint density at radius 1 is 1.28 bits per heavy atom. The van der Waals surface area contributed by atoms with E-state index in [2.05, 4.69) is 15.3 Å². The molecule has 4 N–H and O–H groups in total. The number of H-pyrrole nitrogens is 1. The van der Waals surface area contributed by atoms with Gasteiger partial charge in [-0.1, -0.05) is 18.2 Å². The van der Waals surface area contributed by atoms with Crippen molar-refractivity contribution in [1.29, 1.82) is 0 Å². The van der Waals surface area contributed by atoms with Gasteiger partial charge in [0.2, 0.25) is 0 Å². The molecule has 6 nitrogen and oxygen atoms in total. The van der Waals surface area contributed by atoms with Crippen molar-refractivity contribution in [3.63, 3.8) is 0 Å². The first-order valence-electron chi connectivity index (χ1n) is 9.32. The summed E-state index contributed by atoms with van der Waals surface area (Å²) in [4.78, 5) is 21.5. The van der Waals surface area contributed by atoms with E-state index in [1.807, 2.05) is 54.0 Å². The number of para-hydroxylation sites is 1. The maximum atomic E-state index is 13.1. The number of rotatable bonds is 7. The molecule has 0 aliphatic carbocycles. The van der Waals surface area contributed by atoms with Crippen LogP contribution in [-0.4, -0.2) is 29.5 Å². The minimum Gasteiger partial charge on any atom is -0.496 e. The number of carbonyl (C=O) groups is 1. The molecule has 0 radical (unpaired) electrons. The third-order valence-corrected chi connectivity index (χ3v) is 5.87. The SMILES string of the molecule is COc1ccccc1C(CN)NC(=O)c1ccsc1Cc1ccnc2[nH]ccc12. The number of nitrogens with zero attached hydrogens (tertiary/aromatic N) is 1. The highest BCUT2D eigenvalue weighted by atomic mass is 32.1. The zero-order chi connectivity index (χ0) is 20.2. The monoisotopic (exact) mass is 406 g/mol. The molecule has 0 bridgehead atoms. The molecular weight excluding hydrogens is 384 g/mol. The predicted molar refractivity (Wildman–Crippen MR) is 115 cm³/mol. The molecule has 0 fully saturated rings. The second-order valence-corrected chi connectivity index (χ2v) is 7.65. The highest BCUT2D eigenvalue weighted by Crippen LogP contribution is 2.27. The fourth-order valence-corrected chi connectivity index (χ4v) is 4.37. The summed E-state index contributed by atoms with van der Waals surface area (Å²) in [5.74, 6) is 0.572. The number of hydrogen-bond donors (Lipinski definition) is 3. The molecule has 29 heavy (non-hydrogen) atoms. The first kappa shape index (κ1) is 19.2. The topological polar surface area (TPSA) is 93.0 Å². The van der Waals surface area contributed by atoms with Gasteiger partial charge in [-0.3, -0.25) is 4.79 Å². The Balaban J connectivity index is 1.57. The summed E-state index contributed by atoms with van der Waals surface area (Å²) < 4.78 is 5.42. The molecule has 1 aromatic carbocycles. The van der Waals surface area contributed by atoms with Crippen molar-refractivity contribution in [2.45, 2.75) is 12.5 Å². The van der Waals surface area contributed by atoms with Crippen LogP contribution in [-0.2, 0) is 6.42 Å². The number of fused-ring (bicyclic) bond motifs is 1. The first-order valence-corrected chi connectivity index (χ1v) is 10.2. The van der Waals surface area contributed by atoms with Gasteiger partial charge in [0, 0.05) is 41.2 Å². The van der Waals surface area contributed by atoms with Crippen molar-refractivity contribution in [2.24, 2.45) is 5.73 Å². The van der Waals surface area contributed by atoms with Crippen LogP contribution < -0.4 is 15.8 Å². The quantitative estimate of drug-likeness (QED) is 0.437. The van der Waals surface area contributed by atoms with Crippen LogP contribution in [0.2, 0.25) is 0 Å². The number of hydrogen-bond acceptors (Lipinski definition) is 5. The zero-order valence-electron chi connectivity index (χ0n) is 16.0. The molecule has 1 amide bonds. The van der Waals surface area contributed by atoms with Crippen molar-refractivity contribution in [1.82, 2.24) is 15.3 Å². The molecule has 148 valence electrons. The molecule has 3 heterocycles. The Hall–Kier alpha value is -3.16. The van der Waals surface area contributed by atoms with Crippen LogP contribution in [0.3, 0.4) is 0 Å². The Kier molecular flexibility index (Phi) is 5.59. The van der Waals surface area contributed by atoms with Gasteiger partial charge in [-0.15, -0.1) is 11.3 Å². The number of amides is 1. The average Bonchev–Trinajstić information content (AvgIpc) is 3.42. The van der Waals surface area contributed by atoms with E-state index < -0.39 is 0 Å². The summed E-state index contributed by atoms with van der Waals surface area (Å²) in [5, 5.41) is 6.08. The van der Waals surface area contributed by atoms with Gasteiger partial charge in [0.15, 0.2) is 0 Å². The number of carbonyl (C=O) groups excluding carboxylic acids is 1. The maximum absolute atomic E-state index is 13.1. The lowest BCUT2D eigenvalue weighted by molar-refractivity contribution is 0.0937. The minimum atomic E-state index is -0.330. The number of aromatic nitrogens is 2. The predicted octanol–water partition coefficient (Wildman–Crippen LogP) is 3.65. The third kappa shape index (κ3) is 3.87. The molecule has 7 heteroatoms. The fourth-order valence-electron chi connectivity index (χ4n) is 3.48. The average molecular weight is 407 g/mol. The van der Waals surface area contributed by atoms with Gasteiger partial charge in [0.25, 0.3) is 5.91 Å². The molecule has 1 unspecified atom stereocenters. The number of methoxy groups -OCH3 is 1. The van der Waals surface area contributed by atoms with Crippen LogP contribution in [0.15, 0.2) is 60.2 Å². The second kappa shape index (κ2) is 8.46. The first-order chi connectivity index (χ1) is 14.2. The number of thiophene rings is 1. The van der Waals surface area contributed by atoms with Gasteiger partial charge in [-0.2, -0.15) is 0 Å². The van der Waals surface area contributed by atoms with Crippen molar-refractivity contribution in [3.05, 3.63) is 81.8 Å². The van der Waals surface area contributed by atoms with E-state index >= 15 is 0 Å². The lowest BCUT2D eigenvalue weighted by Crippen LogP contribution is -2.33. The van der Waals surface area contributed by atoms with Gasteiger partial charge in [-0.25, -0.2) is 4.98 Å². The molecule has 4 aromatic rings. The van der Waals surface area contributed by atoms with Gasteiger partial charge in [-0.05, 0) is 35.2 Å². The van der Waals surface area contributed by atoms with Crippen LogP contribution in [0.5, 0.6) is 5.75 Å². The van der Waals surface area contributed by atoms with E-state index in [0.717, 1.165) is 27.0 Å². The molecule has 0 aliphatic rings. The maximum Gasteiger partial charge on any atom is 0.252 e. The molecule has 0 aliphatic heterocycles. The Labute approximate surface area is 172 Å².